The summed E-state index contributed by atoms with van der Waals surface area (Å²) in [5.41, 5.74) is 3.11. The second-order valence-electron chi connectivity index (χ2n) is 3.83. The van der Waals surface area contributed by atoms with E-state index in [9.17, 15) is 13.2 Å². The van der Waals surface area contributed by atoms with Crippen LogP contribution in [-0.2, 0) is 4.74 Å². The van der Waals surface area contributed by atoms with Gasteiger partial charge in [-0.2, -0.15) is 13.2 Å². The van der Waals surface area contributed by atoms with Crippen LogP contribution in [0.15, 0.2) is 0 Å². The third-order valence-corrected chi connectivity index (χ3v) is 2.20. The molecule has 0 bridgehead atoms. The topological polar surface area (TPSA) is 85.1 Å². The van der Waals surface area contributed by atoms with E-state index in [2.05, 4.69) is 25.4 Å². The molecule has 0 saturated heterocycles. The number of ether oxygens (including phenoxy) is 1. The van der Waals surface area contributed by atoms with Gasteiger partial charge >= 0.3 is 6.18 Å². The molecule has 0 atom stereocenters. The Labute approximate surface area is 108 Å². The molecule has 9 heteroatoms. The predicted octanol–water partition coefficient (Wildman–Crippen LogP) is 1.37. The van der Waals surface area contributed by atoms with E-state index in [1.54, 1.807) is 13.8 Å². The highest BCUT2D eigenvalue weighted by Gasteiger charge is 2.27. The van der Waals surface area contributed by atoms with Crippen molar-refractivity contribution in [3.8, 4) is 0 Å². The number of halogens is 3. The summed E-state index contributed by atoms with van der Waals surface area (Å²) in [6, 6.07) is 0. The molecule has 0 radical (unpaired) electrons. The number of nitrogens with one attached hydrogen (secondary N) is 2. The van der Waals surface area contributed by atoms with Crippen molar-refractivity contribution >= 4 is 11.6 Å². The summed E-state index contributed by atoms with van der Waals surface area (Å²) < 4.78 is 40.0. The maximum Gasteiger partial charge on any atom is 0.411 e. The molecule has 0 aliphatic carbocycles. The summed E-state index contributed by atoms with van der Waals surface area (Å²) >= 11 is 0. The van der Waals surface area contributed by atoms with Gasteiger partial charge in [0.15, 0.2) is 0 Å². The lowest BCUT2D eigenvalue weighted by Gasteiger charge is -2.13. The van der Waals surface area contributed by atoms with Crippen LogP contribution >= 0.6 is 0 Å². The number of alkyl halides is 3. The van der Waals surface area contributed by atoms with E-state index in [4.69, 9.17) is 5.84 Å². The van der Waals surface area contributed by atoms with Gasteiger partial charge in [0.25, 0.3) is 0 Å². The van der Waals surface area contributed by atoms with Gasteiger partial charge in [-0.3, -0.25) is 0 Å². The average molecular weight is 279 g/mol. The van der Waals surface area contributed by atoms with Crippen LogP contribution in [-0.4, -0.2) is 35.9 Å². The largest absolute Gasteiger partial charge is 0.411 e. The van der Waals surface area contributed by atoms with E-state index in [1.165, 1.54) is 0 Å². The van der Waals surface area contributed by atoms with Gasteiger partial charge < -0.3 is 15.5 Å². The molecule has 0 amide bonds. The fourth-order valence-corrected chi connectivity index (χ4v) is 1.37. The van der Waals surface area contributed by atoms with Crippen molar-refractivity contribution in [1.82, 2.24) is 9.97 Å². The molecule has 1 rings (SSSR count). The maximum atomic E-state index is 11.8. The molecule has 1 aromatic heterocycles. The molecule has 4 N–H and O–H groups in total. The Morgan fingerprint density at radius 3 is 2.42 bits per heavy atom. The number of aryl methyl sites for hydroxylation is 1. The lowest BCUT2D eigenvalue weighted by molar-refractivity contribution is -0.172. The van der Waals surface area contributed by atoms with Gasteiger partial charge in [0.05, 0.1) is 6.61 Å². The van der Waals surface area contributed by atoms with Crippen molar-refractivity contribution < 1.29 is 17.9 Å². The predicted molar refractivity (Wildman–Crippen MR) is 64.7 cm³/mol. The monoisotopic (exact) mass is 279 g/mol. The van der Waals surface area contributed by atoms with Crippen molar-refractivity contribution in [2.75, 3.05) is 30.5 Å². The summed E-state index contributed by atoms with van der Waals surface area (Å²) in [6.07, 6.45) is -4.31. The van der Waals surface area contributed by atoms with Crippen LogP contribution in [0.1, 0.15) is 11.4 Å². The third kappa shape index (κ3) is 5.26. The second kappa shape index (κ2) is 6.53. The minimum atomic E-state index is -4.31. The first-order chi connectivity index (χ1) is 8.83. The molecule has 0 aliphatic heterocycles. The number of nitrogen functional groups attached to an aromatic ring is 1. The number of anilines is 2. The van der Waals surface area contributed by atoms with Gasteiger partial charge in [-0.25, -0.2) is 15.8 Å². The molecule has 1 aromatic rings. The standard InChI is InChI=1S/C10H16F3N5O/c1-6-8(16-7(2)17-9(6)18-14)15-3-4-19-5-10(11,12)13/h3-5,14H2,1-2H3,(H2,15,16,17,18). The highest BCUT2D eigenvalue weighted by molar-refractivity contribution is 5.56. The zero-order chi connectivity index (χ0) is 14.5. The Morgan fingerprint density at radius 2 is 1.84 bits per heavy atom. The van der Waals surface area contributed by atoms with E-state index < -0.39 is 12.8 Å². The Morgan fingerprint density at radius 1 is 1.21 bits per heavy atom. The maximum absolute atomic E-state index is 11.8. The summed E-state index contributed by atoms with van der Waals surface area (Å²) in [6.45, 7) is 2.30. The number of nitrogens with two attached hydrogens (primary N) is 1. The quantitative estimate of drug-likeness (QED) is 0.414. The van der Waals surface area contributed by atoms with Crippen molar-refractivity contribution in [3.63, 3.8) is 0 Å². The van der Waals surface area contributed by atoms with E-state index in [0.717, 1.165) is 0 Å². The summed E-state index contributed by atoms with van der Waals surface area (Å²) in [7, 11) is 0. The molecule has 19 heavy (non-hydrogen) atoms. The SMILES string of the molecule is Cc1nc(NN)c(C)c(NCCOCC(F)(F)F)n1. The number of hydrazine groups is 1. The molecule has 0 saturated carbocycles. The van der Waals surface area contributed by atoms with Crippen LogP contribution < -0.4 is 16.6 Å². The second-order valence-corrected chi connectivity index (χ2v) is 3.83. The first kappa shape index (κ1) is 15.4. The van der Waals surface area contributed by atoms with Crippen molar-refractivity contribution in [2.24, 2.45) is 5.84 Å². The molecule has 6 nitrogen and oxygen atoms in total. The van der Waals surface area contributed by atoms with E-state index >= 15 is 0 Å². The van der Waals surface area contributed by atoms with Gasteiger partial charge in [-0.1, -0.05) is 0 Å². The van der Waals surface area contributed by atoms with E-state index in [1.807, 2.05) is 0 Å². The molecular formula is C10H16F3N5O. The lowest BCUT2D eigenvalue weighted by Crippen LogP contribution is -2.21. The zero-order valence-electron chi connectivity index (χ0n) is 10.6. The van der Waals surface area contributed by atoms with Gasteiger partial charge in [0.1, 0.15) is 24.1 Å². The van der Waals surface area contributed by atoms with Gasteiger partial charge in [0.2, 0.25) is 0 Å². The van der Waals surface area contributed by atoms with Crippen molar-refractivity contribution in [2.45, 2.75) is 20.0 Å². The van der Waals surface area contributed by atoms with E-state index in [-0.39, 0.29) is 13.2 Å². The minimum Gasteiger partial charge on any atom is -0.370 e. The molecule has 0 fully saturated rings. The van der Waals surface area contributed by atoms with Crippen LogP contribution in [0.2, 0.25) is 0 Å². The van der Waals surface area contributed by atoms with Crippen LogP contribution in [0.4, 0.5) is 24.8 Å². The van der Waals surface area contributed by atoms with Gasteiger partial charge in [-0.15, -0.1) is 0 Å². The molecule has 1 heterocycles. The fraction of sp³-hybridized carbons (Fsp3) is 0.600. The molecule has 0 aliphatic rings. The highest BCUT2D eigenvalue weighted by Crippen LogP contribution is 2.18. The summed E-state index contributed by atoms with van der Waals surface area (Å²) in [4.78, 5) is 8.19. The minimum absolute atomic E-state index is 0.0760. The van der Waals surface area contributed by atoms with Crippen molar-refractivity contribution in [3.05, 3.63) is 11.4 Å². The highest BCUT2D eigenvalue weighted by atomic mass is 19.4. The molecular weight excluding hydrogens is 263 g/mol. The Hall–Kier alpha value is -1.61. The van der Waals surface area contributed by atoms with Crippen LogP contribution in [0, 0.1) is 13.8 Å². The Bertz CT molecular complexity index is 424. The number of aromatic nitrogens is 2. The summed E-state index contributed by atoms with van der Waals surface area (Å²) in [5, 5.41) is 2.88. The average Bonchev–Trinajstić information content (AvgIpc) is 2.31. The van der Waals surface area contributed by atoms with Gasteiger partial charge in [0, 0.05) is 12.1 Å². The van der Waals surface area contributed by atoms with E-state index in [0.29, 0.717) is 23.0 Å². The molecule has 0 aromatic carbocycles. The van der Waals surface area contributed by atoms with Crippen LogP contribution in [0.5, 0.6) is 0 Å². The third-order valence-electron chi connectivity index (χ3n) is 2.20. The number of hydrogen-bond acceptors (Lipinski definition) is 6. The van der Waals surface area contributed by atoms with Gasteiger partial charge in [-0.05, 0) is 13.8 Å². The molecule has 108 valence electrons. The van der Waals surface area contributed by atoms with Crippen LogP contribution in [0.3, 0.4) is 0 Å². The smallest absolute Gasteiger partial charge is 0.370 e. The number of hydrogen-bond donors (Lipinski definition) is 3. The normalized spacial score (nSPS) is 11.5. The number of nitrogens with zero attached hydrogens (tertiary/aromatic N) is 2. The first-order valence-electron chi connectivity index (χ1n) is 5.53. The summed E-state index contributed by atoms with van der Waals surface area (Å²) in [5.74, 6) is 6.77. The molecule has 0 spiro atoms. The Balaban J connectivity index is 2.47. The first-order valence-corrected chi connectivity index (χ1v) is 5.53. The zero-order valence-corrected chi connectivity index (χ0v) is 10.6. The fourth-order valence-electron chi connectivity index (χ4n) is 1.37. The lowest BCUT2D eigenvalue weighted by atomic mass is 10.3. The van der Waals surface area contributed by atoms with Crippen LogP contribution in [0.25, 0.3) is 0 Å². The molecule has 0 unspecified atom stereocenters. The Kier molecular flexibility index (Phi) is 5.31. The van der Waals surface area contributed by atoms with Crippen molar-refractivity contribution in [1.29, 1.82) is 0 Å². The number of rotatable bonds is 6.